The lowest BCUT2D eigenvalue weighted by Gasteiger charge is -2.26. The van der Waals surface area contributed by atoms with E-state index < -0.39 is 7.14 Å². The van der Waals surface area contributed by atoms with Gasteiger partial charge in [0.25, 0.3) is 0 Å². The van der Waals surface area contributed by atoms with Crippen molar-refractivity contribution in [2.75, 3.05) is 0 Å². The molecule has 5 heteroatoms. The molecule has 0 aliphatic rings. The first kappa shape index (κ1) is 19.7. The van der Waals surface area contributed by atoms with Gasteiger partial charge in [-0.2, -0.15) is 37.9 Å². The fourth-order valence-corrected chi connectivity index (χ4v) is 7.79. The van der Waals surface area contributed by atoms with Crippen LogP contribution in [-0.2, 0) is 21.8 Å². The second kappa shape index (κ2) is 8.75. The summed E-state index contributed by atoms with van der Waals surface area (Å²) in [5, 5.41) is 2.54. The molecule has 0 atom stereocenters. The Morgan fingerprint density at radius 2 is 0.808 bits per heavy atom. The molecule has 26 heavy (non-hydrogen) atoms. The highest BCUT2D eigenvalue weighted by Gasteiger charge is 2.34. The van der Waals surface area contributed by atoms with Crippen LogP contribution in [0.3, 0.4) is 0 Å². The van der Waals surface area contributed by atoms with E-state index in [0.29, 0.717) is 17.3 Å². The van der Waals surface area contributed by atoms with Gasteiger partial charge in [-0.15, -0.1) is 0 Å². The highest BCUT2D eigenvalue weighted by Crippen LogP contribution is 2.46. The number of thiol groups is 3. The summed E-state index contributed by atoms with van der Waals surface area (Å²) >= 11 is 13.4. The predicted octanol–water partition coefficient (Wildman–Crippen LogP) is 4.62. The minimum Gasteiger partial charge on any atom is -0.309 e. The van der Waals surface area contributed by atoms with Gasteiger partial charge in [-0.3, -0.25) is 0 Å². The number of hydrogen-bond acceptors (Lipinski definition) is 4. The first-order chi connectivity index (χ1) is 12.7. The van der Waals surface area contributed by atoms with Gasteiger partial charge in [0.05, 0.1) is 0 Å². The first-order valence-electron chi connectivity index (χ1n) is 8.34. The summed E-state index contributed by atoms with van der Waals surface area (Å²) in [6.45, 7) is 0. The Hall–Kier alpha value is -1.06. The molecule has 0 aliphatic carbocycles. The quantitative estimate of drug-likeness (QED) is 0.395. The van der Waals surface area contributed by atoms with Crippen LogP contribution >= 0.6 is 45.0 Å². The number of hydrogen-bond donors (Lipinski definition) is 3. The van der Waals surface area contributed by atoms with Gasteiger partial charge in [0.1, 0.15) is 0 Å². The van der Waals surface area contributed by atoms with Gasteiger partial charge in [-0.05, 0) is 16.7 Å². The van der Waals surface area contributed by atoms with E-state index in [4.69, 9.17) is 0 Å². The molecule has 1 nitrogen and oxygen atoms in total. The second-order valence-corrected chi connectivity index (χ2v) is 9.58. The van der Waals surface area contributed by atoms with Crippen LogP contribution in [-0.4, -0.2) is 0 Å². The van der Waals surface area contributed by atoms with Gasteiger partial charge in [0.2, 0.25) is 0 Å². The van der Waals surface area contributed by atoms with Crippen LogP contribution in [0.1, 0.15) is 16.7 Å². The zero-order valence-electron chi connectivity index (χ0n) is 14.2. The Bertz CT molecular complexity index is 833. The number of rotatable bonds is 6. The maximum Gasteiger partial charge on any atom is 0.171 e. The minimum atomic E-state index is -3.09. The third-order valence-corrected chi connectivity index (χ3v) is 8.87. The van der Waals surface area contributed by atoms with Crippen LogP contribution < -0.4 is 15.9 Å². The Kier molecular flexibility index (Phi) is 6.63. The molecular formula is C21H21OPS3. The fourth-order valence-electron chi connectivity index (χ4n) is 3.24. The lowest BCUT2D eigenvalue weighted by Crippen LogP contribution is -2.30. The van der Waals surface area contributed by atoms with Gasteiger partial charge in [0.15, 0.2) is 7.14 Å². The molecule has 0 unspecified atom stereocenters. The molecule has 0 heterocycles. The van der Waals surface area contributed by atoms with E-state index in [1.165, 1.54) is 0 Å². The van der Waals surface area contributed by atoms with Crippen LogP contribution in [0.15, 0.2) is 72.8 Å². The van der Waals surface area contributed by atoms with Gasteiger partial charge in [0, 0.05) is 33.2 Å². The number of benzene rings is 3. The summed E-state index contributed by atoms with van der Waals surface area (Å²) in [5.41, 5.74) is 2.96. The zero-order valence-corrected chi connectivity index (χ0v) is 17.8. The molecule has 3 aromatic carbocycles. The summed E-state index contributed by atoms with van der Waals surface area (Å²) in [4.78, 5) is 0. The molecule has 0 N–H and O–H groups in total. The summed E-state index contributed by atoms with van der Waals surface area (Å²) in [6, 6.07) is 23.7. The topological polar surface area (TPSA) is 17.1 Å². The average Bonchev–Trinajstić information content (AvgIpc) is 2.73. The van der Waals surface area contributed by atoms with E-state index in [9.17, 15) is 4.57 Å². The molecular weight excluding hydrogens is 395 g/mol. The standard InChI is InChI=1S/C21H21OPS3/c22-23(19-10-4-1-7-16(19)13-24,20-11-5-2-8-17(20)14-25)21-12-6-3-9-18(21)15-26/h1-12,24-26H,13-15H2. The Balaban J connectivity index is 2.42. The van der Waals surface area contributed by atoms with Crippen molar-refractivity contribution in [1.29, 1.82) is 0 Å². The molecule has 0 fully saturated rings. The van der Waals surface area contributed by atoms with Gasteiger partial charge < -0.3 is 4.57 Å². The van der Waals surface area contributed by atoms with Crippen molar-refractivity contribution in [3.8, 4) is 0 Å². The summed E-state index contributed by atoms with van der Waals surface area (Å²) < 4.78 is 14.9. The van der Waals surface area contributed by atoms with Crippen LogP contribution in [0.2, 0.25) is 0 Å². The normalized spacial score (nSPS) is 11.5. The van der Waals surface area contributed by atoms with E-state index in [-0.39, 0.29) is 0 Å². The van der Waals surface area contributed by atoms with E-state index in [2.05, 4.69) is 37.9 Å². The molecule has 0 saturated carbocycles. The van der Waals surface area contributed by atoms with Crippen LogP contribution in [0.5, 0.6) is 0 Å². The smallest absolute Gasteiger partial charge is 0.171 e. The zero-order chi connectivity index (χ0) is 18.6. The lowest BCUT2D eigenvalue weighted by atomic mass is 10.2. The van der Waals surface area contributed by atoms with Crippen LogP contribution in [0.25, 0.3) is 0 Å². The van der Waals surface area contributed by atoms with Crippen molar-refractivity contribution < 1.29 is 4.57 Å². The van der Waals surface area contributed by atoms with E-state index in [1.807, 2.05) is 72.8 Å². The highest BCUT2D eigenvalue weighted by molar-refractivity contribution is 7.86. The second-order valence-electron chi connectivity index (χ2n) is 5.97. The summed E-state index contributed by atoms with van der Waals surface area (Å²) in [7, 11) is -3.09. The van der Waals surface area contributed by atoms with Crippen molar-refractivity contribution in [3.05, 3.63) is 89.5 Å². The van der Waals surface area contributed by atoms with E-state index in [0.717, 1.165) is 32.6 Å². The van der Waals surface area contributed by atoms with Crippen molar-refractivity contribution >= 4 is 60.9 Å². The minimum absolute atomic E-state index is 0.534. The molecule has 134 valence electrons. The molecule has 0 saturated heterocycles. The lowest BCUT2D eigenvalue weighted by molar-refractivity contribution is 0.592. The molecule has 0 aliphatic heterocycles. The Morgan fingerprint density at radius 3 is 1.08 bits per heavy atom. The van der Waals surface area contributed by atoms with E-state index in [1.54, 1.807) is 0 Å². The first-order valence-corrected chi connectivity index (χ1v) is 11.9. The Labute approximate surface area is 171 Å². The van der Waals surface area contributed by atoms with Crippen molar-refractivity contribution in [1.82, 2.24) is 0 Å². The van der Waals surface area contributed by atoms with Crippen molar-refractivity contribution in [2.45, 2.75) is 17.3 Å². The maximum atomic E-state index is 14.9. The Morgan fingerprint density at radius 1 is 0.538 bits per heavy atom. The molecule has 0 amide bonds. The SMILES string of the molecule is O=P(c1ccccc1CS)(c1ccccc1CS)c1ccccc1CS. The molecule has 3 rings (SSSR count). The maximum absolute atomic E-state index is 14.9. The van der Waals surface area contributed by atoms with E-state index >= 15 is 0 Å². The van der Waals surface area contributed by atoms with Gasteiger partial charge in [-0.1, -0.05) is 72.8 Å². The van der Waals surface area contributed by atoms with Gasteiger partial charge in [-0.25, -0.2) is 0 Å². The van der Waals surface area contributed by atoms with Crippen molar-refractivity contribution in [2.24, 2.45) is 0 Å². The predicted molar refractivity (Wildman–Crippen MR) is 124 cm³/mol. The molecule has 0 spiro atoms. The summed E-state index contributed by atoms with van der Waals surface area (Å²) in [5.74, 6) is 1.60. The van der Waals surface area contributed by atoms with Crippen molar-refractivity contribution in [3.63, 3.8) is 0 Å². The monoisotopic (exact) mass is 416 g/mol. The third-order valence-electron chi connectivity index (χ3n) is 4.50. The molecule has 0 aromatic heterocycles. The summed E-state index contributed by atoms with van der Waals surface area (Å²) in [6.07, 6.45) is 0. The van der Waals surface area contributed by atoms with Crippen LogP contribution in [0, 0.1) is 0 Å². The highest BCUT2D eigenvalue weighted by atomic mass is 32.1. The molecule has 3 aromatic rings. The third kappa shape index (κ3) is 3.53. The van der Waals surface area contributed by atoms with Gasteiger partial charge >= 0.3 is 0 Å². The molecule has 0 radical (unpaired) electrons. The largest absolute Gasteiger partial charge is 0.309 e. The molecule has 0 bridgehead atoms. The fraction of sp³-hybridized carbons (Fsp3) is 0.143. The van der Waals surface area contributed by atoms with Crippen LogP contribution in [0.4, 0.5) is 0 Å². The average molecular weight is 417 g/mol.